The minimum absolute atomic E-state index is 0.0122. The Bertz CT molecular complexity index is 590. The lowest BCUT2D eigenvalue weighted by Gasteiger charge is -2.42. The molecule has 0 radical (unpaired) electrons. The Morgan fingerprint density at radius 3 is 2.71 bits per heavy atom. The second-order valence-electron chi connectivity index (χ2n) is 6.78. The summed E-state index contributed by atoms with van der Waals surface area (Å²) in [5, 5.41) is 0. The maximum Gasteiger partial charge on any atom is 0.245 e. The lowest BCUT2D eigenvalue weighted by molar-refractivity contribution is -0.155. The fourth-order valence-electron chi connectivity index (χ4n) is 3.61. The molecule has 2 saturated heterocycles. The van der Waals surface area contributed by atoms with Gasteiger partial charge in [0, 0.05) is 19.5 Å². The molecule has 2 aliphatic rings. The molecule has 0 aliphatic carbocycles. The minimum Gasteiger partial charge on any atom is -0.374 e. The van der Waals surface area contributed by atoms with Crippen LogP contribution in [0, 0.1) is 0 Å². The van der Waals surface area contributed by atoms with Crippen molar-refractivity contribution in [1.29, 1.82) is 0 Å². The van der Waals surface area contributed by atoms with Gasteiger partial charge in [-0.3, -0.25) is 9.59 Å². The van der Waals surface area contributed by atoms with E-state index in [1.807, 2.05) is 49.1 Å². The van der Waals surface area contributed by atoms with Crippen LogP contribution < -0.4 is 0 Å². The predicted molar refractivity (Wildman–Crippen MR) is 91.3 cm³/mol. The first-order chi connectivity index (χ1) is 11.6. The summed E-state index contributed by atoms with van der Waals surface area (Å²) >= 11 is 0. The number of rotatable bonds is 3. The molecule has 0 bridgehead atoms. The summed E-state index contributed by atoms with van der Waals surface area (Å²) in [7, 11) is 0. The molecule has 0 unspecified atom stereocenters. The van der Waals surface area contributed by atoms with E-state index in [0.29, 0.717) is 26.1 Å². The van der Waals surface area contributed by atoms with Crippen LogP contribution in [0.4, 0.5) is 0 Å². The van der Waals surface area contributed by atoms with Crippen LogP contribution in [0.2, 0.25) is 0 Å². The second kappa shape index (κ2) is 7.34. The van der Waals surface area contributed by atoms with Gasteiger partial charge in [-0.15, -0.1) is 0 Å². The monoisotopic (exact) mass is 330 g/mol. The molecule has 0 spiro atoms. The second-order valence-corrected chi connectivity index (χ2v) is 6.78. The van der Waals surface area contributed by atoms with Crippen LogP contribution >= 0.6 is 0 Å². The fourth-order valence-corrected chi connectivity index (χ4v) is 3.61. The maximum absolute atomic E-state index is 13.1. The van der Waals surface area contributed by atoms with Crippen LogP contribution in [-0.4, -0.2) is 53.5 Å². The van der Waals surface area contributed by atoms with Crippen molar-refractivity contribution in [3.63, 3.8) is 0 Å². The SMILES string of the molecule is C[C@@H]1CN(C(=O)[C@@H](C)N2CCCCC2=O)[C@H](c2ccccc2)CO1. The van der Waals surface area contributed by atoms with E-state index in [-0.39, 0.29) is 24.0 Å². The summed E-state index contributed by atoms with van der Waals surface area (Å²) in [5.41, 5.74) is 1.08. The van der Waals surface area contributed by atoms with Crippen molar-refractivity contribution in [2.45, 2.75) is 51.3 Å². The van der Waals surface area contributed by atoms with E-state index in [2.05, 4.69) is 0 Å². The number of morpholine rings is 1. The first kappa shape index (κ1) is 17.0. The van der Waals surface area contributed by atoms with Crippen molar-refractivity contribution >= 4 is 11.8 Å². The van der Waals surface area contributed by atoms with E-state index in [4.69, 9.17) is 4.74 Å². The standard InChI is InChI=1S/C19H26N2O3/c1-14-12-21(17(13-24-14)16-8-4-3-5-9-16)19(23)15(2)20-11-7-6-10-18(20)22/h3-5,8-9,14-15,17H,6-7,10-13H2,1-2H3/t14-,15-,17+/m1/s1. The molecule has 3 rings (SSSR count). The minimum atomic E-state index is -0.408. The number of piperidine rings is 1. The van der Waals surface area contributed by atoms with Crippen LogP contribution in [0.25, 0.3) is 0 Å². The van der Waals surface area contributed by atoms with Crippen molar-refractivity contribution in [2.75, 3.05) is 19.7 Å². The van der Waals surface area contributed by atoms with Crippen LogP contribution in [0.15, 0.2) is 30.3 Å². The van der Waals surface area contributed by atoms with Gasteiger partial charge in [-0.1, -0.05) is 30.3 Å². The third-order valence-electron chi connectivity index (χ3n) is 5.02. The van der Waals surface area contributed by atoms with Crippen LogP contribution in [-0.2, 0) is 14.3 Å². The third kappa shape index (κ3) is 3.46. The molecular formula is C19H26N2O3. The smallest absolute Gasteiger partial charge is 0.245 e. The third-order valence-corrected chi connectivity index (χ3v) is 5.02. The highest BCUT2D eigenvalue weighted by atomic mass is 16.5. The number of ether oxygens (including phenoxy) is 1. The largest absolute Gasteiger partial charge is 0.374 e. The summed E-state index contributed by atoms with van der Waals surface area (Å²) in [6.45, 7) is 5.58. The molecule has 2 heterocycles. The van der Waals surface area contributed by atoms with Crippen LogP contribution in [0.5, 0.6) is 0 Å². The number of hydrogen-bond acceptors (Lipinski definition) is 3. The molecule has 1 aromatic rings. The molecule has 2 fully saturated rings. The number of likely N-dealkylation sites (tertiary alicyclic amines) is 1. The van der Waals surface area contributed by atoms with E-state index >= 15 is 0 Å². The molecule has 0 saturated carbocycles. The Hall–Kier alpha value is -1.88. The summed E-state index contributed by atoms with van der Waals surface area (Å²) in [6.07, 6.45) is 2.47. The van der Waals surface area contributed by atoms with Gasteiger partial charge in [0.2, 0.25) is 11.8 Å². The Morgan fingerprint density at radius 2 is 2.00 bits per heavy atom. The zero-order valence-corrected chi connectivity index (χ0v) is 14.5. The topological polar surface area (TPSA) is 49.9 Å². The predicted octanol–water partition coefficient (Wildman–Crippen LogP) is 2.38. The maximum atomic E-state index is 13.1. The Labute approximate surface area is 143 Å². The van der Waals surface area contributed by atoms with Crippen molar-refractivity contribution in [3.05, 3.63) is 35.9 Å². The number of carbonyl (C=O) groups is 2. The summed E-state index contributed by atoms with van der Waals surface area (Å²) in [6, 6.07) is 9.49. The van der Waals surface area contributed by atoms with Gasteiger partial charge in [0.15, 0.2) is 0 Å². The van der Waals surface area contributed by atoms with E-state index < -0.39 is 6.04 Å². The molecular weight excluding hydrogens is 304 g/mol. The first-order valence-corrected chi connectivity index (χ1v) is 8.84. The molecule has 5 nitrogen and oxygen atoms in total. The molecule has 24 heavy (non-hydrogen) atoms. The fraction of sp³-hybridized carbons (Fsp3) is 0.579. The van der Waals surface area contributed by atoms with Gasteiger partial charge in [0.25, 0.3) is 0 Å². The Kier molecular flexibility index (Phi) is 5.19. The molecule has 0 N–H and O–H groups in total. The molecule has 2 aliphatic heterocycles. The Balaban J connectivity index is 1.80. The van der Waals surface area contributed by atoms with E-state index in [9.17, 15) is 9.59 Å². The van der Waals surface area contributed by atoms with Crippen LogP contribution in [0.1, 0.15) is 44.7 Å². The highest BCUT2D eigenvalue weighted by molar-refractivity contribution is 5.88. The Morgan fingerprint density at radius 1 is 1.25 bits per heavy atom. The molecule has 0 aromatic heterocycles. The number of carbonyl (C=O) groups excluding carboxylic acids is 2. The van der Waals surface area contributed by atoms with Gasteiger partial charge in [0.1, 0.15) is 6.04 Å². The zero-order valence-electron chi connectivity index (χ0n) is 14.5. The number of amides is 2. The lowest BCUT2D eigenvalue weighted by atomic mass is 10.0. The molecule has 2 amide bonds. The quantitative estimate of drug-likeness (QED) is 0.855. The van der Waals surface area contributed by atoms with Gasteiger partial charge in [0.05, 0.1) is 18.8 Å². The van der Waals surface area contributed by atoms with Gasteiger partial charge >= 0.3 is 0 Å². The molecule has 5 heteroatoms. The highest BCUT2D eigenvalue weighted by Crippen LogP contribution is 2.28. The molecule has 1 aromatic carbocycles. The number of hydrogen-bond donors (Lipinski definition) is 0. The lowest BCUT2D eigenvalue weighted by Crippen LogP contribution is -2.55. The summed E-state index contributed by atoms with van der Waals surface area (Å²) in [5.74, 6) is 0.119. The van der Waals surface area contributed by atoms with E-state index in [0.717, 1.165) is 18.4 Å². The normalized spacial score (nSPS) is 26.3. The summed E-state index contributed by atoms with van der Waals surface area (Å²) in [4.78, 5) is 29.0. The van der Waals surface area contributed by atoms with Crippen molar-refractivity contribution in [2.24, 2.45) is 0 Å². The van der Waals surface area contributed by atoms with Gasteiger partial charge in [-0.2, -0.15) is 0 Å². The molecule has 130 valence electrons. The number of benzene rings is 1. The van der Waals surface area contributed by atoms with Gasteiger partial charge in [-0.25, -0.2) is 0 Å². The van der Waals surface area contributed by atoms with Gasteiger partial charge in [-0.05, 0) is 32.3 Å². The van der Waals surface area contributed by atoms with E-state index in [1.54, 1.807) is 4.90 Å². The average Bonchev–Trinajstić information content (AvgIpc) is 2.61. The average molecular weight is 330 g/mol. The van der Waals surface area contributed by atoms with Crippen LogP contribution in [0.3, 0.4) is 0 Å². The summed E-state index contributed by atoms with van der Waals surface area (Å²) < 4.78 is 5.80. The van der Waals surface area contributed by atoms with Crippen molar-refractivity contribution in [1.82, 2.24) is 9.80 Å². The highest BCUT2D eigenvalue weighted by Gasteiger charge is 2.37. The number of nitrogens with zero attached hydrogens (tertiary/aromatic N) is 2. The first-order valence-electron chi connectivity index (χ1n) is 8.84. The van der Waals surface area contributed by atoms with E-state index in [1.165, 1.54) is 0 Å². The van der Waals surface area contributed by atoms with Crippen molar-refractivity contribution in [3.8, 4) is 0 Å². The zero-order chi connectivity index (χ0) is 17.1. The molecule has 3 atom stereocenters. The van der Waals surface area contributed by atoms with Gasteiger partial charge < -0.3 is 14.5 Å². The van der Waals surface area contributed by atoms with Crippen molar-refractivity contribution < 1.29 is 14.3 Å².